The molecule has 1 aromatic rings. The summed E-state index contributed by atoms with van der Waals surface area (Å²) < 4.78 is 0. The molecule has 4 N–H and O–H groups in total. The van der Waals surface area contributed by atoms with Gasteiger partial charge < -0.3 is 16.2 Å². The van der Waals surface area contributed by atoms with Crippen molar-refractivity contribution in [1.82, 2.24) is 0 Å². The Balaban J connectivity index is 2.00. The summed E-state index contributed by atoms with van der Waals surface area (Å²) in [6, 6.07) is 4.94. The van der Waals surface area contributed by atoms with Crippen LogP contribution in [0.3, 0.4) is 0 Å². The molecule has 0 aromatic heterocycles. The molecule has 0 aliphatic heterocycles. The quantitative estimate of drug-likeness (QED) is 0.779. The van der Waals surface area contributed by atoms with E-state index in [4.69, 9.17) is 17.3 Å². The Morgan fingerprint density at radius 1 is 1.33 bits per heavy atom. The number of carboxylic acid groups (broad SMARTS) is 1. The molecule has 2 rings (SSSR count). The van der Waals surface area contributed by atoms with Crippen LogP contribution in [0.15, 0.2) is 18.2 Å². The summed E-state index contributed by atoms with van der Waals surface area (Å²) in [6.45, 7) is 0.587. The molecule has 0 spiro atoms. The van der Waals surface area contributed by atoms with E-state index in [1.807, 2.05) is 0 Å². The van der Waals surface area contributed by atoms with Crippen LogP contribution < -0.4 is 11.1 Å². The fraction of sp³-hybridized carbons (Fsp3) is 0.467. The second-order valence-electron chi connectivity index (χ2n) is 5.43. The van der Waals surface area contributed by atoms with Crippen molar-refractivity contribution >= 4 is 29.2 Å². The number of hydrogen-bond donors (Lipinski definition) is 3. The van der Waals surface area contributed by atoms with Crippen molar-refractivity contribution in [1.29, 1.82) is 0 Å². The van der Waals surface area contributed by atoms with Gasteiger partial charge in [0.15, 0.2) is 0 Å². The largest absolute Gasteiger partial charge is 0.481 e. The summed E-state index contributed by atoms with van der Waals surface area (Å²) >= 11 is 5.99. The molecule has 6 heteroatoms. The zero-order valence-electron chi connectivity index (χ0n) is 11.6. The maximum Gasteiger partial charge on any atom is 0.306 e. The third-order valence-corrected chi connectivity index (χ3v) is 4.34. The predicted octanol–water partition coefficient (Wildman–Crippen LogP) is 2.74. The van der Waals surface area contributed by atoms with Gasteiger partial charge in [-0.1, -0.05) is 24.4 Å². The Bertz CT molecular complexity index is 548. The van der Waals surface area contributed by atoms with Crippen LogP contribution in [0.1, 0.15) is 36.0 Å². The topological polar surface area (TPSA) is 92.4 Å². The first-order chi connectivity index (χ1) is 9.99. The average Bonchev–Trinajstić information content (AvgIpc) is 2.45. The van der Waals surface area contributed by atoms with E-state index in [1.165, 1.54) is 0 Å². The van der Waals surface area contributed by atoms with E-state index >= 15 is 0 Å². The Labute approximate surface area is 128 Å². The molecule has 0 heterocycles. The van der Waals surface area contributed by atoms with E-state index in [0.717, 1.165) is 31.4 Å². The third-order valence-electron chi connectivity index (χ3n) is 4.03. The van der Waals surface area contributed by atoms with Gasteiger partial charge in [0, 0.05) is 12.2 Å². The van der Waals surface area contributed by atoms with Crippen molar-refractivity contribution in [3.63, 3.8) is 0 Å². The number of benzene rings is 1. The molecule has 0 bridgehead atoms. The Morgan fingerprint density at radius 2 is 2.05 bits per heavy atom. The minimum atomic E-state index is -0.719. The number of rotatable bonds is 5. The van der Waals surface area contributed by atoms with Crippen molar-refractivity contribution in [2.45, 2.75) is 25.7 Å². The molecular weight excluding hydrogens is 292 g/mol. The fourth-order valence-corrected chi connectivity index (χ4v) is 3.12. The number of carbonyl (C=O) groups is 2. The number of nitrogens with two attached hydrogens (primary N) is 1. The van der Waals surface area contributed by atoms with Crippen LogP contribution in [-0.4, -0.2) is 23.5 Å². The Morgan fingerprint density at radius 3 is 2.67 bits per heavy atom. The van der Waals surface area contributed by atoms with Gasteiger partial charge in [-0.15, -0.1) is 0 Å². The second kappa shape index (κ2) is 6.80. The molecule has 2 atom stereocenters. The molecule has 2 unspecified atom stereocenters. The smallest absolute Gasteiger partial charge is 0.306 e. The van der Waals surface area contributed by atoms with Crippen molar-refractivity contribution in [3.8, 4) is 0 Å². The van der Waals surface area contributed by atoms with Gasteiger partial charge in [-0.05, 0) is 37.0 Å². The molecule has 5 nitrogen and oxygen atoms in total. The van der Waals surface area contributed by atoms with Crippen molar-refractivity contribution < 1.29 is 14.7 Å². The first-order valence-electron chi connectivity index (χ1n) is 7.05. The van der Waals surface area contributed by atoms with Gasteiger partial charge in [0.05, 0.1) is 16.5 Å². The van der Waals surface area contributed by atoms with Crippen LogP contribution in [0.25, 0.3) is 0 Å². The number of nitrogens with one attached hydrogen (secondary N) is 1. The van der Waals surface area contributed by atoms with E-state index in [9.17, 15) is 14.7 Å². The first kappa shape index (κ1) is 15.6. The lowest BCUT2D eigenvalue weighted by molar-refractivity contribution is -0.144. The molecule has 1 aliphatic rings. The summed E-state index contributed by atoms with van der Waals surface area (Å²) in [5.74, 6) is -1.45. The Kier molecular flexibility index (Phi) is 5.07. The fourth-order valence-electron chi connectivity index (χ4n) is 2.85. The highest BCUT2D eigenvalue weighted by atomic mass is 35.5. The minimum Gasteiger partial charge on any atom is -0.481 e. The van der Waals surface area contributed by atoms with Crippen LogP contribution in [-0.2, 0) is 4.79 Å². The number of amides is 1. The molecule has 1 amide bonds. The highest BCUT2D eigenvalue weighted by molar-refractivity contribution is 6.34. The van der Waals surface area contributed by atoms with Gasteiger partial charge in [0.1, 0.15) is 0 Å². The minimum absolute atomic E-state index is 0.117. The molecule has 1 aromatic carbocycles. The predicted molar refractivity (Wildman–Crippen MR) is 81.5 cm³/mol. The van der Waals surface area contributed by atoms with Crippen LogP contribution in [0.5, 0.6) is 0 Å². The molecule has 0 radical (unpaired) electrons. The van der Waals surface area contributed by atoms with Gasteiger partial charge in [-0.3, -0.25) is 9.59 Å². The zero-order chi connectivity index (χ0) is 15.4. The van der Waals surface area contributed by atoms with Crippen LogP contribution in [0, 0.1) is 11.8 Å². The van der Waals surface area contributed by atoms with Gasteiger partial charge in [0.25, 0.3) is 0 Å². The number of hydrogen-bond acceptors (Lipinski definition) is 3. The maximum absolute atomic E-state index is 11.2. The van der Waals surface area contributed by atoms with Crippen LogP contribution in [0.4, 0.5) is 5.69 Å². The third kappa shape index (κ3) is 3.88. The van der Waals surface area contributed by atoms with Crippen molar-refractivity contribution in [2.24, 2.45) is 17.6 Å². The van der Waals surface area contributed by atoms with Gasteiger partial charge in [0.2, 0.25) is 5.91 Å². The summed E-state index contributed by atoms with van der Waals surface area (Å²) in [5, 5.41) is 12.8. The molecule has 0 saturated heterocycles. The SMILES string of the molecule is NC(=O)c1ccc(NCC2CCCCC2C(=O)O)cc1Cl. The van der Waals surface area contributed by atoms with E-state index < -0.39 is 11.9 Å². The molecule has 1 aliphatic carbocycles. The summed E-state index contributed by atoms with van der Waals surface area (Å²) in [7, 11) is 0. The standard InChI is InChI=1S/C15H19ClN2O3/c16-13-7-10(5-6-12(13)14(17)19)18-8-9-3-1-2-4-11(9)15(20)21/h5-7,9,11,18H,1-4,8H2,(H2,17,19)(H,20,21). The van der Waals surface area contributed by atoms with Gasteiger partial charge >= 0.3 is 5.97 Å². The number of carbonyl (C=O) groups excluding carboxylic acids is 1. The monoisotopic (exact) mass is 310 g/mol. The average molecular weight is 311 g/mol. The summed E-state index contributed by atoms with van der Waals surface area (Å²) in [4.78, 5) is 22.4. The number of carboxylic acids is 1. The molecule has 114 valence electrons. The number of anilines is 1. The highest BCUT2D eigenvalue weighted by Gasteiger charge is 2.30. The van der Waals surface area contributed by atoms with Gasteiger partial charge in [-0.2, -0.15) is 0 Å². The Hall–Kier alpha value is -1.75. The van der Waals surface area contributed by atoms with Crippen molar-refractivity contribution in [3.05, 3.63) is 28.8 Å². The van der Waals surface area contributed by atoms with E-state index in [1.54, 1.807) is 18.2 Å². The number of halogens is 1. The van der Waals surface area contributed by atoms with Crippen LogP contribution >= 0.6 is 11.6 Å². The van der Waals surface area contributed by atoms with E-state index in [2.05, 4.69) is 5.32 Å². The molecule has 21 heavy (non-hydrogen) atoms. The normalized spacial score (nSPS) is 21.8. The lowest BCUT2D eigenvalue weighted by Crippen LogP contribution is -2.31. The maximum atomic E-state index is 11.2. The summed E-state index contributed by atoms with van der Waals surface area (Å²) in [5.41, 5.74) is 6.24. The van der Waals surface area contributed by atoms with Gasteiger partial charge in [-0.25, -0.2) is 0 Å². The highest BCUT2D eigenvalue weighted by Crippen LogP contribution is 2.31. The molecular formula is C15H19ClN2O3. The van der Waals surface area contributed by atoms with E-state index in [0.29, 0.717) is 11.6 Å². The molecule has 1 saturated carbocycles. The number of aliphatic carboxylic acids is 1. The second-order valence-corrected chi connectivity index (χ2v) is 5.84. The first-order valence-corrected chi connectivity index (χ1v) is 7.43. The van der Waals surface area contributed by atoms with E-state index in [-0.39, 0.29) is 17.4 Å². The van der Waals surface area contributed by atoms with Crippen molar-refractivity contribution in [2.75, 3.05) is 11.9 Å². The summed E-state index contributed by atoms with van der Waals surface area (Å²) in [6.07, 6.45) is 3.70. The van der Waals surface area contributed by atoms with Crippen LogP contribution in [0.2, 0.25) is 5.02 Å². The lowest BCUT2D eigenvalue weighted by atomic mass is 9.79. The zero-order valence-corrected chi connectivity index (χ0v) is 12.4. The molecule has 1 fully saturated rings. The lowest BCUT2D eigenvalue weighted by Gasteiger charge is -2.29. The number of primary amides is 1.